The van der Waals surface area contributed by atoms with Crippen molar-refractivity contribution in [1.29, 1.82) is 0 Å². The van der Waals surface area contributed by atoms with Gasteiger partial charge in [0.1, 0.15) is 0 Å². The van der Waals surface area contributed by atoms with Crippen LogP contribution >= 0.6 is 15.9 Å². The van der Waals surface area contributed by atoms with Gasteiger partial charge in [0, 0.05) is 42.3 Å². The number of likely N-dealkylation sites (tertiary alicyclic amines) is 2. The van der Waals surface area contributed by atoms with Crippen molar-refractivity contribution in [3.8, 4) is 0 Å². The zero-order valence-corrected chi connectivity index (χ0v) is 15.6. The average Bonchev–Trinajstić information content (AvgIpc) is 3.12. The third-order valence-electron chi connectivity index (χ3n) is 4.97. The van der Waals surface area contributed by atoms with Crippen LogP contribution in [0.15, 0.2) is 22.7 Å². The normalized spacial score (nSPS) is 18.8. The highest BCUT2D eigenvalue weighted by Crippen LogP contribution is 2.24. The van der Waals surface area contributed by atoms with Gasteiger partial charge in [-0.2, -0.15) is 0 Å². The van der Waals surface area contributed by atoms with Gasteiger partial charge in [-0.15, -0.1) is 0 Å². The van der Waals surface area contributed by atoms with E-state index in [1.54, 1.807) is 0 Å². The lowest BCUT2D eigenvalue weighted by Crippen LogP contribution is -2.47. The van der Waals surface area contributed by atoms with Gasteiger partial charge in [0.2, 0.25) is 5.91 Å². The van der Waals surface area contributed by atoms with Crippen molar-refractivity contribution in [2.75, 3.05) is 31.5 Å². The Labute approximate surface area is 151 Å². The Hall–Kier alpha value is -1.56. The van der Waals surface area contributed by atoms with Crippen molar-refractivity contribution >= 4 is 33.6 Å². The molecule has 0 radical (unpaired) electrons. The van der Waals surface area contributed by atoms with Crippen LogP contribution in [0.5, 0.6) is 0 Å². The second kappa shape index (κ2) is 7.55. The minimum atomic E-state index is -0.0222. The molecule has 1 aromatic carbocycles. The topological polar surface area (TPSA) is 52.7 Å². The second-order valence-corrected chi connectivity index (χ2v) is 7.60. The Kier molecular flexibility index (Phi) is 5.43. The maximum atomic E-state index is 12.5. The van der Waals surface area contributed by atoms with Gasteiger partial charge >= 0.3 is 6.03 Å². The van der Waals surface area contributed by atoms with Crippen LogP contribution in [0.3, 0.4) is 0 Å². The SMILES string of the molecule is Cc1ccc(Br)cc1NC(=O)C1CCN(C(=O)N2CCCC2)CC1. The van der Waals surface area contributed by atoms with Gasteiger partial charge in [-0.3, -0.25) is 4.79 Å². The van der Waals surface area contributed by atoms with E-state index in [1.807, 2.05) is 34.9 Å². The second-order valence-electron chi connectivity index (χ2n) is 6.69. The number of anilines is 1. The Bertz CT molecular complexity index is 621. The molecule has 3 rings (SSSR count). The summed E-state index contributed by atoms with van der Waals surface area (Å²) in [4.78, 5) is 28.8. The van der Waals surface area contributed by atoms with E-state index in [4.69, 9.17) is 0 Å². The Morgan fingerprint density at radius 2 is 1.71 bits per heavy atom. The number of nitrogens with one attached hydrogen (secondary N) is 1. The summed E-state index contributed by atoms with van der Waals surface area (Å²) in [5.41, 5.74) is 1.90. The van der Waals surface area contributed by atoms with Crippen molar-refractivity contribution < 1.29 is 9.59 Å². The first kappa shape index (κ1) is 17.3. The molecule has 2 aliphatic heterocycles. The molecule has 6 heteroatoms. The molecule has 0 bridgehead atoms. The molecule has 0 unspecified atom stereocenters. The van der Waals surface area contributed by atoms with Gasteiger partial charge < -0.3 is 15.1 Å². The molecule has 1 N–H and O–H groups in total. The summed E-state index contributed by atoms with van der Waals surface area (Å²) in [6.45, 7) is 5.08. The van der Waals surface area contributed by atoms with Crippen LogP contribution in [0.2, 0.25) is 0 Å². The van der Waals surface area contributed by atoms with E-state index in [-0.39, 0.29) is 17.9 Å². The van der Waals surface area contributed by atoms with E-state index >= 15 is 0 Å². The number of amides is 3. The zero-order chi connectivity index (χ0) is 17.1. The molecule has 1 aromatic rings. The highest BCUT2D eigenvalue weighted by Gasteiger charge is 2.30. The number of aryl methyl sites for hydroxylation is 1. The maximum Gasteiger partial charge on any atom is 0.319 e. The molecule has 0 aliphatic carbocycles. The van der Waals surface area contributed by atoms with Crippen molar-refractivity contribution in [3.05, 3.63) is 28.2 Å². The first-order chi connectivity index (χ1) is 11.5. The molecule has 0 atom stereocenters. The number of hydrogen-bond donors (Lipinski definition) is 1. The van der Waals surface area contributed by atoms with Crippen molar-refractivity contribution in [3.63, 3.8) is 0 Å². The minimum absolute atomic E-state index is 0.0222. The highest BCUT2D eigenvalue weighted by molar-refractivity contribution is 9.10. The van der Waals surface area contributed by atoms with Gasteiger partial charge in [0.05, 0.1) is 0 Å². The number of carbonyl (C=O) groups is 2. The summed E-state index contributed by atoms with van der Waals surface area (Å²) in [6.07, 6.45) is 3.68. The third kappa shape index (κ3) is 3.91. The fourth-order valence-electron chi connectivity index (χ4n) is 3.41. The standard InChI is InChI=1S/C18H24BrN3O2/c1-13-4-5-15(19)12-16(13)20-17(23)14-6-10-22(11-7-14)18(24)21-8-2-3-9-21/h4-5,12,14H,2-3,6-11H2,1H3,(H,20,23). The van der Waals surface area contributed by atoms with Crippen molar-refractivity contribution in [1.82, 2.24) is 9.80 Å². The summed E-state index contributed by atoms with van der Waals surface area (Å²) in [5, 5.41) is 3.04. The van der Waals surface area contributed by atoms with Crippen molar-refractivity contribution in [2.24, 2.45) is 5.92 Å². The molecule has 2 heterocycles. The molecule has 0 aromatic heterocycles. The number of carbonyl (C=O) groups excluding carboxylic acids is 2. The lowest BCUT2D eigenvalue weighted by Gasteiger charge is -2.34. The summed E-state index contributed by atoms with van der Waals surface area (Å²) in [5.74, 6) is 0.0375. The quantitative estimate of drug-likeness (QED) is 0.833. The number of rotatable bonds is 2. The van der Waals surface area contributed by atoms with Crippen molar-refractivity contribution in [2.45, 2.75) is 32.6 Å². The largest absolute Gasteiger partial charge is 0.326 e. The Balaban J connectivity index is 1.53. The molecule has 2 aliphatic rings. The highest BCUT2D eigenvalue weighted by atomic mass is 79.9. The van der Waals surface area contributed by atoms with Gasteiger partial charge in [0.25, 0.3) is 0 Å². The van der Waals surface area contributed by atoms with E-state index in [1.165, 1.54) is 0 Å². The molecule has 0 saturated carbocycles. The average molecular weight is 394 g/mol. The van der Waals surface area contributed by atoms with E-state index in [9.17, 15) is 9.59 Å². The van der Waals surface area contributed by atoms with Crippen LogP contribution in [-0.2, 0) is 4.79 Å². The Morgan fingerprint density at radius 1 is 1.08 bits per heavy atom. The van der Waals surface area contributed by atoms with E-state index < -0.39 is 0 Å². The number of urea groups is 1. The number of benzene rings is 1. The summed E-state index contributed by atoms with van der Waals surface area (Å²) in [6, 6.07) is 6.03. The molecule has 0 spiro atoms. The van der Waals surface area contributed by atoms with Gasteiger partial charge in [-0.25, -0.2) is 4.79 Å². The van der Waals surface area contributed by atoms with Crippen LogP contribution in [-0.4, -0.2) is 47.9 Å². The van der Waals surface area contributed by atoms with Gasteiger partial charge in [-0.1, -0.05) is 22.0 Å². The maximum absolute atomic E-state index is 12.5. The third-order valence-corrected chi connectivity index (χ3v) is 5.46. The predicted octanol–water partition coefficient (Wildman–Crippen LogP) is 3.62. The lowest BCUT2D eigenvalue weighted by atomic mass is 9.96. The molecule has 5 nitrogen and oxygen atoms in total. The molecular weight excluding hydrogens is 370 g/mol. The van der Waals surface area contributed by atoms with E-state index in [0.29, 0.717) is 13.1 Å². The zero-order valence-electron chi connectivity index (χ0n) is 14.1. The van der Waals surface area contributed by atoms with Crippen LogP contribution < -0.4 is 5.32 Å². The molecular formula is C18H24BrN3O2. The number of hydrogen-bond acceptors (Lipinski definition) is 2. The number of halogens is 1. The first-order valence-corrected chi connectivity index (χ1v) is 9.45. The van der Waals surface area contributed by atoms with E-state index in [2.05, 4.69) is 21.2 Å². The first-order valence-electron chi connectivity index (χ1n) is 8.65. The van der Waals surface area contributed by atoms with Crippen LogP contribution in [0.4, 0.5) is 10.5 Å². The summed E-state index contributed by atoms with van der Waals surface area (Å²) < 4.78 is 0.953. The van der Waals surface area contributed by atoms with E-state index in [0.717, 1.165) is 54.5 Å². The molecule has 24 heavy (non-hydrogen) atoms. The smallest absolute Gasteiger partial charge is 0.319 e. The number of piperidine rings is 1. The minimum Gasteiger partial charge on any atom is -0.326 e. The predicted molar refractivity (Wildman–Crippen MR) is 98.0 cm³/mol. The number of nitrogens with zero attached hydrogens (tertiary/aromatic N) is 2. The van der Waals surface area contributed by atoms with Crippen LogP contribution in [0.1, 0.15) is 31.2 Å². The monoisotopic (exact) mass is 393 g/mol. The molecule has 2 fully saturated rings. The molecule has 130 valence electrons. The molecule has 3 amide bonds. The molecule has 2 saturated heterocycles. The van der Waals surface area contributed by atoms with Gasteiger partial charge in [-0.05, 0) is 50.3 Å². The van der Waals surface area contributed by atoms with Crippen LogP contribution in [0, 0.1) is 12.8 Å². The lowest BCUT2D eigenvalue weighted by molar-refractivity contribution is -0.121. The fourth-order valence-corrected chi connectivity index (χ4v) is 3.77. The van der Waals surface area contributed by atoms with Crippen LogP contribution in [0.25, 0.3) is 0 Å². The van der Waals surface area contributed by atoms with Gasteiger partial charge in [0.15, 0.2) is 0 Å². The summed E-state index contributed by atoms with van der Waals surface area (Å²) >= 11 is 3.44. The summed E-state index contributed by atoms with van der Waals surface area (Å²) in [7, 11) is 0. The fraction of sp³-hybridized carbons (Fsp3) is 0.556. The Morgan fingerprint density at radius 3 is 2.38 bits per heavy atom.